The lowest BCUT2D eigenvalue weighted by molar-refractivity contribution is 0.130. The van der Waals surface area contributed by atoms with Gasteiger partial charge in [0, 0.05) is 11.7 Å². The van der Waals surface area contributed by atoms with E-state index in [0.717, 1.165) is 25.3 Å². The molecule has 2 unspecified atom stereocenters. The molecule has 1 aromatic carbocycles. The van der Waals surface area contributed by atoms with Crippen LogP contribution in [0.1, 0.15) is 37.7 Å². The number of aliphatic hydroxyl groups is 1. The number of nitrogen functional groups attached to an aromatic ring is 1. The molecule has 1 aliphatic carbocycles. The molecule has 1 saturated carbocycles. The first-order valence-electron chi connectivity index (χ1n) is 7.07. The maximum Gasteiger partial charge on any atom is 0.243 e. The SMILES string of the molecule is Cc1cc(N)cc(S(=O)(=O)NC2CCCCCC2O)c1F. The Morgan fingerprint density at radius 3 is 2.67 bits per heavy atom. The molecule has 118 valence electrons. The molecule has 2 rings (SSSR count). The summed E-state index contributed by atoms with van der Waals surface area (Å²) in [5, 5.41) is 9.99. The molecular formula is C14H21FN2O3S. The van der Waals surface area contributed by atoms with Crippen LogP contribution in [0.2, 0.25) is 0 Å². The number of aliphatic hydroxyl groups excluding tert-OH is 1. The topological polar surface area (TPSA) is 92.4 Å². The minimum Gasteiger partial charge on any atom is -0.399 e. The number of hydrogen-bond acceptors (Lipinski definition) is 4. The highest BCUT2D eigenvalue weighted by Gasteiger charge is 2.29. The lowest BCUT2D eigenvalue weighted by Crippen LogP contribution is -2.42. The fraction of sp³-hybridized carbons (Fsp3) is 0.571. The van der Waals surface area contributed by atoms with Gasteiger partial charge in [0.05, 0.1) is 6.10 Å². The molecule has 0 spiro atoms. The lowest BCUT2D eigenvalue weighted by Gasteiger charge is -2.22. The minimum absolute atomic E-state index is 0.178. The normalized spacial score (nSPS) is 23.8. The van der Waals surface area contributed by atoms with Gasteiger partial charge in [-0.05, 0) is 37.5 Å². The molecule has 4 N–H and O–H groups in total. The van der Waals surface area contributed by atoms with Crippen LogP contribution in [0.3, 0.4) is 0 Å². The number of halogens is 1. The number of nitrogens with two attached hydrogens (primary N) is 1. The third-order valence-electron chi connectivity index (χ3n) is 3.82. The summed E-state index contributed by atoms with van der Waals surface area (Å²) in [5.74, 6) is -0.806. The smallest absolute Gasteiger partial charge is 0.243 e. The average Bonchev–Trinajstić information content (AvgIpc) is 2.59. The molecule has 0 aromatic heterocycles. The number of hydrogen-bond donors (Lipinski definition) is 3. The van der Waals surface area contributed by atoms with E-state index in [1.807, 2.05) is 0 Å². The van der Waals surface area contributed by atoms with E-state index in [2.05, 4.69) is 4.72 Å². The fourth-order valence-corrected chi connectivity index (χ4v) is 4.14. The van der Waals surface area contributed by atoms with E-state index in [0.29, 0.717) is 12.8 Å². The second-order valence-corrected chi connectivity index (χ2v) is 7.27. The Kier molecular flexibility index (Phi) is 4.85. The van der Waals surface area contributed by atoms with Crippen molar-refractivity contribution in [3.63, 3.8) is 0 Å². The van der Waals surface area contributed by atoms with Gasteiger partial charge in [0.2, 0.25) is 10.0 Å². The number of aryl methyl sites for hydroxylation is 1. The maximum absolute atomic E-state index is 14.1. The maximum atomic E-state index is 14.1. The first-order chi connectivity index (χ1) is 9.81. The van der Waals surface area contributed by atoms with Crippen LogP contribution in [-0.4, -0.2) is 25.7 Å². The third-order valence-corrected chi connectivity index (χ3v) is 5.31. The predicted molar refractivity (Wildman–Crippen MR) is 78.8 cm³/mol. The molecule has 1 fully saturated rings. The van der Waals surface area contributed by atoms with Gasteiger partial charge in [-0.15, -0.1) is 0 Å². The van der Waals surface area contributed by atoms with Crippen molar-refractivity contribution in [1.29, 1.82) is 0 Å². The van der Waals surface area contributed by atoms with Gasteiger partial charge in [-0.25, -0.2) is 17.5 Å². The van der Waals surface area contributed by atoms with Crippen LogP contribution in [0, 0.1) is 12.7 Å². The highest BCUT2D eigenvalue weighted by atomic mass is 32.2. The van der Waals surface area contributed by atoms with Crippen molar-refractivity contribution in [1.82, 2.24) is 4.72 Å². The predicted octanol–water partition coefficient (Wildman–Crippen LogP) is 1.69. The Labute approximate surface area is 124 Å². The van der Waals surface area contributed by atoms with Gasteiger partial charge in [-0.1, -0.05) is 19.3 Å². The Morgan fingerprint density at radius 2 is 1.95 bits per heavy atom. The van der Waals surface area contributed by atoms with Gasteiger partial charge in [-0.3, -0.25) is 0 Å². The first kappa shape index (κ1) is 16.2. The molecule has 0 aliphatic heterocycles. The Bertz CT molecular complexity index is 619. The van der Waals surface area contributed by atoms with Crippen LogP contribution in [0.5, 0.6) is 0 Å². The molecule has 21 heavy (non-hydrogen) atoms. The lowest BCUT2D eigenvalue weighted by atomic mass is 10.1. The van der Waals surface area contributed by atoms with Crippen LogP contribution < -0.4 is 10.5 Å². The van der Waals surface area contributed by atoms with Gasteiger partial charge < -0.3 is 10.8 Å². The van der Waals surface area contributed by atoms with Crippen LogP contribution in [0.15, 0.2) is 17.0 Å². The summed E-state index contributed by atoms with van der Waals surface area (Å²) in [7, 11) is -4.05. The van der Waals surface area contributed by atoms with Gasteiger partial charge in [0.25, 0.3) is 0 Å². The van der Waals surface area contributed by atoms with Crippen molar-refractivity contribution in [3.8, 4) is 0 Å². The third kappa shape index (κ3) is 3.72. The molecule has 0 bridgehead atoms. The number of rotatable bonds is 3. The molecular weight excluding hydrogens is 295 g/mol. The Balaban J connectivity index is 2.30. The van der Waals surface area contributed by atoms with Gasteiger partial charge in [-0.2, -0.15) is 0 Å². The number of sulfonamides is 1. The number of benzene rings is 1. The second-order valence-electron chi connectivity index (χ2n) is 5.58. The number of anilines is 1. The second kappa shape index (κ2) is 6.29. The molecule has 1 aliphatic rings. The van der Waals surface area contributed by atoms with Crippen molar-refractivity contribution < 1.29 is 17.9 Å². The van der Waals surface area contributed by atoms with Crippen molar-refractivity contribution >= 4 is 15.7 Å². The highest BCUT2D eigenvalue weighted by molar-refractivity contribution is 7.89. The average molecular weight is 316 g/mol. The van der Waals surface area contributed by atoms with Crippen molar-refractivity contribution in [2.24, 2.45) is 0 Å². The van der Waals surface area contributed by atoms with Gasteiger partial charge in [0.15, 0.2) is 0 Å². The Morgan fingerprint density at radius 1 is 1.29 bits per heavy atom. The molecule has 0 amide bonds. The molecule has 0 radical (unpaired) electrons. The van der Waals surface area contributed by atoms with E-state index in [1.165, 1.54) is 13.0 Å². The van der Waals surface area contributed by atoms with E-state index in [1.54, 1.807) is 0 Å². The van der Waals surface area contributed by atoms with Gasteiger partial charge >= 0.3 is 0 Å². The molecule has 1 aromatic rings. The summed E-state index contributed by atoms with van der Waals surface area (Å²) in [6, 6.07) is 1.90. The molecule has 5 nitrogen and oxygen atoms in total. The monoisotopic (exact) mass is 316 g/mol. The van der Waals surface area contributed by atoms with Crippen molar-refractivity contribution in [2.45, 2.75) is 56.1 Å². The molecule has 7 heteroatoms. The minimum atomic E-state index is -4.05. The summed E-state index contributed by atoms with van der Waals surface area (Å²) >= 11 is 0. The van der Waals surface area contributed by atoms with E-state index in [9.17, 15) is 17.9 Å². The standard InChI is InChI=1S/C14H21FN2O3S/c1-9-7-10(16)8-13(14(9)15)21(19,20)17-11-5-3-2-4-6-12(11)18/h7-8,11-12,17-18H,2-6,16H2,1H3. The molecule has 0 heterocycles. The summed E-state index contributed by atoms with van der Waals surface area (Å²) in [5.41, 5.74) is 5.97. The molecule has 2 atom stereocenters. The van der Waals surface area contributed by atoms with Crippen LogP contribution in [0.4, 0.5) is 10.1 Å². The summed E-state index contributed by atoms with van der Waals surface area (Å²) in [6.07, 6.45) is 3.01. The largest absolute Gasteiger partial charge is 0.399 e. The first-order valence-corrected chi connectivity index (χ1v) is 8.55. The van der Waals surface area contributed by atoms with Crippen LogP contribution in [0.25, 0.3) is 0 Å². The zero-order valence-electron chi connectivity index (χ0n) is 12.0. The van der Waals surface area contributed by atoms with Crippen LogP contribution >= 0.6 is 0 Å². The van der Waals surface area contributed by atoms with Crippen LogP contribution in [-0.2, 0) is 10.0 Å². The van der Waals surface area contributed by atoms with Crippen molar-refractivity contribution in [3.05, 3.63) is 23.5 Å². The van der Waals surface area contributed by atoms with E-state index < -0.39 is 32.9 Å². The van der Waals surface area contributed by atoms with E-state index in [-0.39, 0.29) is 11.3 Å². The van der Waals surface area contributed by atoms with Gasteiger partial charge in [0.1, 0.15) is 10.7 Å². The summed E-state index contributed by atoms with van der Waals surface area (Å²) in [4.78, 5) is -0.462. The van der Waals surface area contributed by atoms with Crippen molar-refractivity contribution in [2.75, 3.05) is 5.73 Å². The quantitative estimate of drug-likeness (QED) is 0.584. The Hall–Kier alpha value is -1.18. The molecule has 0 saturated heterocycles. The van der Waals surface area contributed by atoms with E-state index >= 15 is 0 Å². The summed E-state index contributed by atoms with van der Waals surface area (Å²) < 4.78 is 41.2. The fourth-order valence-electron chi connectivity index (χ4n) is 2.65. The zero-order valence-corrected chi connectivity index (χ0v) is 12.8. The summed E-state index contributed by atoms with van der Waals surface area (Å²) in [6.45, 7) is 1.46. The highest BCUT2D eigenvalue weighted by Crippen LogP contribution is 2.24. The zero-order chi connectivity index (χ0) is 15.6. The number of nitrogens with one attached hydrogen (secondary N) is 1. The van der Waals surface area contributed by atoms with E-state index in [4.69, 9.17) is 5.73 Å².